The first-order valence-electron chi connectivity index (χ1n) is 5.33. The zero-order valence-electron chi connectivity index (χ0n) is 9.71. The lowest BCUT2D eigenvalue weighted by Crippen LogP contribution is -2.13. The summed E-state index contributed by atoms with van der Waals surface area (Å²) in [6.07, 6.45) is 1.61. The van der Waals surface area contributed by atoms with Crippen LogP contribution in [0.4, 0.5) is 5.69 Å². The number of pyridine rings is 1. The van der Waals surface area contributed by atoms with Crippen molar-refractivity contribution >= 4 is 11.6 Å². The number of nitrogens with zero attached hydrogens (tertiary/aromatic N) is 1. The van der Waals surface area contributed by atoms with Crippen LogP contribution in [-0.2, 0) is 0 Å². The van der Waals surface area contributed by atoms with Crippen LogP contribution >= 0.6 is 0 Å². The summed E-state index contributed by atoms with van der Waals surface area (Å²) < 4.78 is 0. The second-order valence-electron chi connectivity index (χ2n) is 3.76. The molecule has 5 heteroatoms. The summed E-state index contributed by atoms with van der Waals surface area (Å²) in [4.78, 5) is 16.0. The standard InChI is InChI=1S/C13H12N2O3/c1-8-9(4-3-7-14-8)15-13(18)12-10(16)5-2-6-11(12)17/h2-7,16-17H,1H3,(H,15,18). The predicted octanol–water partition coefficient (Wildman–Crippen LogP) is 2.05. The smallest absolute Gasteiger partial charge is 0.263 e. The van der Waals surface area contributed by atoms with Crippen LogP contribution in [0.1, 0.15) is 16.1 Å². The molecule has 0 atom stereocenters. The number of amides is 1. The molecule has 0 radical (unpaired) electrons. The molecule has 0 fully saturated rings. The Morgan fingerprint density at radius 1 is 1.17 bits per heavy atom. The van der Waals surface area contributed by atoms with Crippen LogP contribution in [0, 0.1) is 6.92 Å². The zero-order chi connectivity index (χ0) is 13.1. The molecule has 0 unspecified atom stereocenters. The van der Waals surface area contributed by atoms with Gasteiger partial charge in [0, 0.05) is 6.20 Å². The number of rotatable bonds is 2. The normalized spacial score (nSPS) is 10.1. The highest BCUT2D eigenvalue weighted by Crippen LogP contribution is 2.27. The summed E-state index contributed by atoms with van der Waals surface area (Å²) in [5, 5.41) is 21.7. The molecule has 92 valence electrons. The van der Waals surface area contributed by atoms with Crippen LogP contribution in [0.25, 0.3) is 0 Å². The highest BCUT2D eigenvalue weighted by Gasteiger charge is 2.16. The number of benzene rings is 1. The van der Waals surface area contributed by atoms with E-state index in [9.17, 15) is 15.0 Å². The van der Waals surface area contributed by atoms with Crippen LogP contribution in [0.2, 0.25) is 0 Å². The number of carbonyl (C=O) groups excluding carboxylic acids is 1. The Balaban J connectivity index is 2.31. The summed E-state index contributed by atoms with van der Waals surface area (Å²) in [6.45, 7) is 1.75. The van der Waals surface area contributed by atoms with Gasteiger partial charge in [0.2, 0.25) is 0 Å². The van der Waals surface area contributed by atoms with Crippen molar-refractivity contribution in [2.24, 2.45) is 0 Å². The number of aryl methyl sites for hydroxylation is 1. The Bertz CT molecular complexity index is 576. The minimum atomic E-state index is -0.582. The second kappa shape index (κ2) is 4.75. The molecule has 0 aliphatic rings. The van der Waals surface area contributed by atoms with Gasteiger partial charge in [-0.15, -0.1) is 0 Å². The molecule has 0 aliphatic carbocycles. The Hall–Kier alpha value is -2.56. The van der Waals surface area contributed by atoms with Gasteiger partial charge in [0.05, 0.1) is 11.4 Å². The first-order valence-corrected chi connectivity index (χ1v) is 5.33. The molecular formula is C13H12N2O3. The van der Waals surface area contributed by atoms with Crippen LogP contribution in [-0.4, -0.2) is 21.1 Å². The van der Waals surface area contributed by atoms with Crippen molar-refractivity contribution in [1.29, 1.82) is 0 Å². The molecule has 0 saturated heterocycles. The molecule has 0 spiro atoms. The third kappa shape index (κ3) is 2.24. The lowest BCUT2D eigenvalue weighted by Gasteiger charge is -2.09. The summed E-state index contributed by atoms with van der Waals surface area (Å²) >= 11 is 0. The van der Waals surface area contributed by atoms with E-state index in [0.717, 1.165) is 0 Å². The summed E-state index contributed by atoms with van der Waals surface area (Å²) in [5.74, 6) is -1.12. The van der Waals surface area contributed by atoms with Gasteiger partial charge in [-0.3, -0.25) is 9.78 Å². The molecule has 1 heterocycles. The summed E-state index contributed by atoms with van der Waals surface area (Å²) in [5.41, 5.74) is 1.03. The summed E-state index contributed by atoms with van der Waals surface area (Å²) in [6, 6.07) is 7.51. The molecule has 0 bridgehead atoms. The molecule has 2 aromatic rings. The molecule has 1 amide bonds. The Morgan fingerprint density at radius 3 is 2.44 bits per heavy atom. The van der Waals surface area contributed by atoms with E-state index in [-0.39, 0.29) is 17.1 Å². The number of phenols is 2. The van der Waals surface area contributed by atoms with Crippen LogP contribution < -0.4 is 5.32 Å². The highest BCUT2D eigenvalue weighted by atomic mass is 16.3. The van der Waals surface area contributed by atoms with E-state index in [1.165, 1.54) is 18.2 Å². The number of aromatic nitrogens is 1. The Kier molecular flexibility index (Phi) is 3.14. The average molecular weight is 244 g/mol. The first kappa shape index (κ1) is 11.9. The van der Waals surface area contributed by atoms with E-state index in [2.05, 4.69) is 10.3 Å². The lowest BCUT2D eigenvalue weighted by atomic mass is 10.1. The first-order chi connectivity index (χ1) is 8.59. The van der Waals surface area contributed by atoms with Crippen molar-refractivity contribution < 1.29 is 15.0 Å². The molecule has 0 aliphatic heterocycles. The fourth-order valence-corrected chi connectivity index (χ4v) is 1.56. The number of hydrogen-bond acceptors (Lipinski definition) is 4. The van der Waals surface area contributed by atoms with Gasteiger partial charge in [-0.05, 0) is 31.2 Å². The van der Waals surface area contributed by atoms with Gasteiger partial charge < -0.3 is 15.5 Å². The highest BCUT2D eigenvalue weighted by molar-refractivity contribution is 6.08. The number of nitrogens with one attached hydrogen (secondary N) is 1. The van der Waals surface area contributed by atoms with Crippen molar-refractivity contribution in [3.8, 4) is 11.5 Å². The van der Waals surface area contributed by atoms with Crippen molar-refractivity contribution in [3.63, 3.8) is 0 Å². The molecule has 5 nitrogen and oxygen atoms in total. The van der Waals surface area contributed by atoms with Gasteiger partial charge in [0.1, 0.15) is 17.1 Å². The fraction of sp³-hybridized carbons (Fsp3) is 0.0769. The van der Waals surface area contributed by atoms with E-state index in [1.54, 1.807) is 25.3 Å². The van der Waals surface area contributed by atoms with Crippen molar-refractivity contribution in [1.82, 2.24) is 4.98 Å². The topological polar surface area (TPSA) is 82.5 Å². The Morgan fingerprint density at radius 2 is 1.83 bits per heavy atom. The minimum absolute atomic E-state index is 0.152. The average Bonchev–Trinajstić information content (AvgIpc) is 2.32. The van der Waals surface area contributed by atoms with E-state index < -0.39 is 5.91 Å². The van der Waals surface area contributed by atoms with Crippen LogP contribution in [0.3, 0.4) is 0 Å². The second-order valence-corrected chi connectivity index (χ2v) is 3.76. The van der Waals surface area contributed by atoms with Crippen molar-refractivity contribution in [3.05, 3.63) is 47.8 Å². The zero-order valence-corrected chi connectivity index (χ0v) is 9.71. The van der Waals surface area contributed by atoms with Crippen molar-refractivity contribution in [2.45, 2.75) is 6.92 Å². The molecule has 3 N–H and O–H groups in total. The largest absolute Gasteiger partial charge is 0.507 e. The van der Waals surface area contributed by atoms with Gasteiger partial charge in [0.15, 0.2) is 0 Å². The van der Waals surface area contributed by atoms with Crippen molar-refractivity contribution in [2.75, 3.05) is 5.32 Å². The van der Waals surface area contributed by atoms with Gasteiger partial charge in [0.25, 0.3) is 5.91 Å². The molecular weight excluding hydrogens is 232 g/mol. The number of carbonyl (C=O) groups is 1. The molecule has 18 heavy (non-hydrogen) atoms. The third-order valence-electron chi connectivity index (χ3n) is 2.50. The number of hydrogen-bond donors (Lipinski definition) is 3. The van der Waals surface area contributed by atoms with Crippen LogP contribution in [0.15, 0.2) is 36.5 Å². The lowest BCUT2D eigenvalue weighted by molar-refractivity contribution is 0.102. The number of anilines is 1. The molecule has 0 saturated carbocycles. The maximum absolute atomic E-state index is 11.9. The molecule has 1 aromatic carbocycles. The van der Waals surface area contributed by atoms with E-state index in [4.69, 9.17) is 0 Å². The van der Waals surface area contributed by atoms with E-state index in [0.29, 0.717) is 11.4 Å². The molecule has 2 rings (SSSR count). The van der Waals surface area contributed by atoms with Gasteiger partial charge in [-0.1, -0.05) is 6.07 Å². The fourth-order valence-electron chi connectivity index (χ4n) is 1.56. The predicted molar refractivity (Wildman–Crippen MR) is 66.7 cm³/mol. The number of phenolic OH excluding ortho intramolecular Hbond substituents is 2. The van der Waals surface area contributed by atoms with E-state index in [1.807, 2.05) is 0 Å². The summed E-state index contributed by atoms with van der Waals surface area (Å²) in [7, 11) is 0. The Labute approximate surface area is 104 Å². The third-order valence-corrected chi connectivity index (χ3v) is 2.50. The van der Waals surface area contributed by atoms with Gasteiger partial charge >= 0.3 is 0 Å². The van der Waals surface area contributed by atoms with Gasteiger partial charge in [-0.2, -0.15) is 0 Å². The van der Waals surface area contributed by atoms with Gasteiger partial charge in [-0.25, -0.2) is 0 Å². The maximum Gasteiger partial charge on any atom is 0.263 e. The van der Waals surface area contributed by atoms with Crippen LogP contribution in [0.5, 0.6) is 11.5 Å². The maximum atomic E-state index is 11.9. The SMILES string of the molecule is Cc1ncccc1NC(=O)c1c(O)cccc1O. The molecule has 1 aromatic heterocycles. The number of aromatic hydroxyl groups is 2. The van der Waals surface area contributed by atoms with E-state index >= 15 is 0 Å². The quantitative estimate of drug-likeness (QED) is 0.755. The minimum Gasteiger partial charge on any atom is -0.507 e. The monoisotopic (exact) mass is 244 g/mol.